The van der Waals surface area contributed by atoms with E-state index in [2.05, 4.69) is 30.3 Å². The molecule has 0 spiro atoms. The predicted octanol–water partition coefficient (Wildman–Crippen LogP) is 4.13. The van der Waals surface area contributed by atoms with Crippen molar-refractivity contribution in [2.75, 3.05) is 0 Å². The van der Waals surface area contributed by atoms with Gasteiger partial charge >= 0.3 is 0 Å². The maximum atomic E-state index is 9.74. The van der Waals surface area contributed by atoms with Gasteiger partial charge in [0.15, 0.2) is 0 Å². The van der Waals surface area contributed by atoms with Gasteiger partial charge in [0.2, 0.25) is 0 Å². The van der Waals surface area contributed by atoms with Crippen molar-refractivity contribution >= 4 is 32.3 Å². The molecule has 4 aromatic carbocycles. The Morgan fingerprint density at radius 3 is 2.18 bits per heavy atom. The molecule has 2 nitrogen and oxygen atoms in total. The molecule has 0 saturated carbocycles. The molecule has 108 valence electrons. The molecule has 0 heterocycles. The van der Waals surface area contributed by atoms with E-state index < -0.39 is 0 Å². The highest BCUT2D eigenvalue weighted by atomic mass is 16.3. The minimum Gasteiger partial charge on any atom is -0.392 e. The minimum atomic E-state index is 0.00807. The van der Waals surface area contributed by atoms with Crippen LogP contribution in [0, 0.1) is 0 Å². The Hall–Kier alpha value is -2.42. The highest BCUT2D eigenvalue weighted by Crippen LogP contribution is 2.34. The molecule has 4 rings (SSSR count). The van der Waals surface area contributed by atoms with Gasteiger partial charge in [0.1, 0.15) is 0 Å². The van der Waals surface area contributed by atoms with Crippen molar-refractivity contribution in [1.82, 2.24) is 0 Å². The lowest BCUT2D eigenvalue weighted by Gasteiger charge is -2.12. The van der Waals surface area contributed by atoms with Crippen LogP contribution < -0.4 is 0 Å². The fraction of sp³-hybridized carbons (Fsp3) is 0.100. The molecule has 0 aliphatic carbocycles. The summed E-state index contributed by atoms with van der Waals surface area (Å²) in [5.41, 5.74) is 1.81. The lowest BCUT2D eigenvalue weighted by Crippen LogP contribution is -1.91. The normalized spacial score (nSPS) is 11.5. The molecule has 0 bridgehead atoms. The molecule has 22 heavy (non-hydrogen) atoms. The van der Waals surface area contributed by atoms with E-state index >= 15 is 0 Å². The van der Waals surface area contributed by atoms with Gasteiger partial charge < -0.3 is 10.2 Å². The Kier molecular flexibility index (Phi) is 3.07. The predicted molar refractivity (Wildman–Crippen MR) is 90.8 cm³/mol. The van der Waals surface area contributed by atoms with Gasteiger partial charge in [0, 0.05) is 0 Å². The lowest BCUT2D eigenvalue weighted by molar-refractivity contribution is 0.282. The molecule has 2 N–H and O–H groups in total. The summed E-state index contributed by atoms with van der Waals surface area (Å²) in [4.78, 5) is 0. The Balaban J connectivity index is 2.25. The fourth-order valence-corrected chi connectivity index (χ4v) is 3.26. The van der Waals surface area contributed by atoms with Crippen molar-refractivity contribution in [2.45, 2.75) is 13.2 Å². The van der Waals surface area contributed by atoms with Crippen LogP contribution in [0.2, 0.25) is 0 Å². The zero-order valence-electron chi connectivity index (χ0n) is 12.1. The van der Waals surface area contributed by atoms with Crippen LogP contribution in [0.25, 0.3) is 32.3 Å². The molecule has 0 atom stereocenters. The summed E-state index contributed by atoms with van der Waals surface area (Å²) in [5.74, 6) is 0. The maximum Gasteiger partial charge on any atom is 0.0688 e. The second-order valence-corrected chi connectivity index (χ2v) is 5.61. The summed E-state index contributed by atoms with van der Waals surface area (Å²) in [5, 5.41) is 26.0. The van der Waals surface area contributed by atoms with E-state index in [4.69, 9.17) is 0 Å². The number of rotatable bonds is 2. The third-order valence-corrected chi connectivity index (χ3v) is 4.36. The number of hydrogen-bond acceptors (Lipinski definition) is 2. The van der Waals surface area contributed by atoms with Gasteiger partial charge in [-0.05, 0) is 55.6 Å². The minimum absolute atomic E-state index is 0.00807. The summed E-state index contributed by atoms with van der Waals surface area (Å²) < 4.78 is 0. The number of aliphatic hydroxyl groups excluding tert-OH is 2. The van der Waals surface area contributed by atoms with Crippen molar-refractivity contribution in [2.24, 2.45) is 0 Å². The van der Waals surface area contributed by atoms with Gasteiger partial charge in [-0.3, -0.25) is 0 Å². The Morgan fingerprint density at radius 1 is 0.591 bits per heavy atom. The van der Waals surface area contributed by atoms with Crippen molar-refractivity contribution in [1.29, 1.82) is 0 Å². The number of aliphatic hydroxyl groups is 2. The molecule has 0 aliphatic rings. The monoisotopic (exact) mass is 288 g/mol. The molecular weight excluding hydrogens is 272 g/mol. The van der Waals surface area contributed by atoms with E-state index in [-0.39, 0.29) is 13.2 Å². The molecular formula is C20H16O2. The van der Waals surface area contributed by atoms with E-state index in [9.17, 15) is 10.2 Å². The van der Waals surface area contributed by atoms with Crippen molar-refractivity contribution in [3.8, 4) is 0 Å². The van der Waals surface area contributed by atoms with Crippen molar-refractivity contribution in [3.05, 3.63) is 71.8 Å². The van der Waals surface area contributed by atoms with Crippen LogP contribution in [-0.2, 0) is 13.2 Å². The van der Waals surface area contributed by atoms with Gasteiger partial charge in [-0.1, -0.05) is 48.5 Å². The zero-order valence-corrected chi connectivity index (χ0v) is 12.1. The Bertz CT molecular complexity index is 1000. The number of hydrogen-bond donors (Lipinski definition) is 2. The van der Waals surface area contributed by atoms with Crippen molar-refractivity contribution < 1.29 is 10.2 Å². The molecule has 0 unspecified atom stereocenters. The summed E-state index contributed by atoms with van der Waals surface area (Å²) in [6.45, 7) is 0.0303. The lowest BCUT2D eigenvalue weighted by atomic mass is 9.93. The molecule has 0 fully saturated rings. The van der Waals surface area contributed by atoms with Gasteiger partial charge in [0.05, 0.1) is 13.2 Å². The van der Waals surface area contributed by atoms with Gasteiger partial charge in [0.25, 0.3) is 0 Å². The molecule has 4 aromatic rings. The quantitative estimate of drug-likeness (QED) is 0.544. The van der Waals surface area contributed by atoms with Crippen LogP contribution in [0.15, 0.2) is 60.7 Å². The zero-order chi connectivity index (χ0) is 15.1. The van der Waals surface area contributed by atoms with Gasteiger partial charge in [-0.15, -0.1) is 0 Å². The first kappa shape index (κ1) is 13.3. The van der Waals surface area contributed by atoms with Crippen LogP contribution in [-0.4, -0.2) is 10.2 Å². The molecule has 0 saturated heterocycles. The van der Waals surface area contributed by atoms with Crippen LogP contribution in [0.4, 0.5) is 0 Å². The van der Waals surface area contributed by atoms with Gasteiger partial charge in [-0.2, -0.15) is 0 Å². The molecule has 0 aliphatic heterocycles. The van der Waals surface area contributed by atoms with E-state index in [1.54, 1.807) is 0 Å². The van der Waals surface area contributed by atoms with Crippen LogP contribution >= 0.6 is 0 Å². The Labute approximate surface area is 128 Å². The average Bonchev–Trinajstić information content (AvgIpc) is 2.60. The first-order valence-electron chi connectivity index (χ1n) is 7.39. The topological polar surface area (TPSA) is 40.5 Å². The summed E-state index contributed by atoms with van der Waals surface area (Å²) in [6, 6.07) is 20.5. The molecule has 0 aromatic heterocycles. The standard InChI is InChI=1S/C20H16O2/c21-11-13-5-7-17-15(12-22)10-20-16-4-2-1-3-14(16)6-8-18(20)19(17)9-13/h1-10,21-22H,11-12H2. The van der Waals surface area contributed by atoms with Crippen LogP contribution in [0.1, 0.15) is 11.1 Å². The smallest absolute Gasteiger partial charge is 0.0688 e. The third kappa shape index (κ3) is 1.89. The number of benzene rings is 4. The first-order valence-corrected chi connectivity index (χ1v) is 7.39. The SMILES string of the molecule is OCc1ccc2c(CO)cc3c4ccccc4ccc3c2c1. The fourth-order valence-electron chi connectivity index (χ4n) is 3.26. The van der Waals surface area contributed by atoms with Crippen molar-refractivity contribution in [3.63, 3.8) is 0 Å². The number of fused-ring (bicyclic) bond motifs is 5. The van der Waals surface area contributed by atoms with Gasteiger partial charge in [-0.25, -0.2) is 0 Å². The first-order chi connectivity index (χ1) is 10.8. The maximum absolute atomic E-state index is 9.74. The van der Waals surface area contributed by atoms with E-state index in [0.717, 1.165) is 32.7 Å². The highest BCUT2D eigenvalue weighted by molar-refractivity contribution is 6.18. The Morgan fingerprint density at radius 2 is 1.36 bits per heavy atom. The summed E-state index contributed by atoms with van der Waals surface area (Å²) in [7, 11) is 0. The summed E-state index contributed by atoms with van der Waals surface area (Å²) >= 11 is 0. The van der Waals surface area contributed by atoms with Crippen LogP contribution in [0.3, 0.4) is 0 Å². The summed E-state index contributed by atoms with van der Waals surface area (Å²) in [6.07, 6.45) is 0. The third-order valence-electron chi connectivity index (χ3n) is 4.36. The van der Waals surface area contributed by atoms with Crippen LogP contribution in [0.5, 0.6) is 0 Å². The largest absolute Gasteiger partial charge is 0.392 e. The molecule has 0 radical (unpaired) electrons. The van der Waals surface area contributed by atoms with E-state index in [1.165, 1.54) is 10.8 Å². The second kappa shape index (κ2) is 5.09. The second-order valence-electron chi connectivity index (χ2n) is 5.61. The van der Waals surface area contributed by atoms with E-state index in [1.807, 2.05) is 30.3 Å². The average molecular weight is 288 g/mol. The van der Waals surface area contributed by atoms with E-state index in [0.29, 0.717) is 0 Å². The molecule has 2 heteroatoms. The molecule has 0 amide bonds. The highest BCUT2D eigenvalue weighted by Gasteiger charge is 2.09.